The SMILES string of the molecule is CCC(C)c1ccccc1CCOC(C)=O. The van der Waals surface area contributed by atoms with Crippen LogP contribution in [0.25, 0.3) is 0 Å². The summed E-state index contributed by atoms with van der Waals surface area (Å²) in [6.45, 7) is 6.33. The van der Waals surface area contributed by atoms with Crippen LogP contribution in [0.1, 0.15) is 44.2 Å². The van der Waals surface area contributed by atoms with Crippen molar-refractivity contribution in [3.63, 3.8) is 0 Å². The van der Waals surface area contributed by atoms with Crippen molar-refractivity contribution in [2.75, 3.05) is 6.61 Å². The second kappa shape index (κ2) is 6.31. The summed E-state index contributed by atoms with van der Waals surface area (Å²) in [5, 5.41) is 0. The lowest BCUT2D eigenvalue weighted by Gasteiger charge is -2.14. The molecule has 0 radical (unpaired) electrons. The van der Waals surface area contributed by atoms with Crippen LogP contribution in [0.4, 0.5) is 0 Å². The molecule has 0 fully saturated rings. The predicted molar refractivity (Wildman–Crippen MR) is 65.5 cm³/mol. The molecule has 1 rings (SSSR count). The summed E-state index contributed by atoms with van der Waals surface area (Å²) in [7, 11) is 0. The van der Waals surface area contributed by atoms with E-state index in [0.29, 0.717) is 12.5 Å². The second-order valence-electron chi connectivity index (χ2n) is 4.10. The molecule has 0 heterocycles. The maximum atomic E-state index is 10.7. The first kappa shape index (κ1) is 12.8. The molecule has 1 unspecified atom stereocenters. The molecule has 1 aromatic carbocycles. The Morgan fingerprint density at radius 1 is 1.38 bits per heavy atom. The summed E-state index contributed by atoms with van der Waals surface area (Å²) in [6.07, 6.45) is 1.94. The maximum absolute atomic E-state index is 10.7. The Labute approximate surface area is 97.6 Å². The minimum absolute atomic E-state index is 0.207. The van der Waals surface area contributed by atoms with Crippen molar-refractivity contribution in [3.8, 4) is 0 Å². The van der Waals surface area contributed by atoms with E-state index in [0.717, 1.165) is 12.8 Å². The molecule has 0 bridgehead atoms. The Kier molecular flexibility index (Phi) is 5.03. The van der Waals surface area contributed by atoms with Crippen molar-refractivity contribution in [3.05, 3.63) is 35.4 Å². The van der Waals surface area contributed by atoms with Gasteiger partial charge in [-0.2, -0.15) is 0 Å². The van der Waals surface area contributed by atoms with E-state index in [1.54, 1.807) is 0 Å². The number of hydrogen-bond donors (Lipinski definition) is 0. The molecule has 1 atom stereocenters. The average Bonchev–Trinajstić information content (AvgIpc) is 2.28. The van der Waals surface area contributed by atoms with Gasteiger partial charge in [0.2, 0.25) is 0 Å². The molecule has 0 aliphatic heterocycles. The first-order valence-electron chi connectivity index (χ1n) is 5.86. The average molecular weight is 220 g/mol. The van der Waals surface area contributed by atoms with Gasteiger partial charge < -0.3 is 4.74 Å². The van der Waals surface area contributed by atoms with E-state index < -0.39 is 0 Å². The van der Waals surface area contributed by atoms with Crippen LogP contribution in [0, 0.1) is 0 Å². The lowest BCUT2D eigenvalue weighted by molar-refractivity contribution is -0.140. The van der Waals surface area contributed by atoms with Crippen LogP contribution in [-0.4, -0.2) is 12.6 Å². The summed E-state index contributed by atoms with van der Waals surface area (Å²) in [6, 6.07) is 8.38. The number of benzene rings is 1. The van der Waals surface area contributed by atoms with Gasteiger partial charge >= 0.3 is 5.97 Å². The topological polar surface area (TPSA) is 26.3 Å². The highest BCUT2D eigenvalue weighted by Gasteiger charge is 2.08. The van der Waals surface area contributed by atoms with Crippen molar-refractivity contribution >= 4 is 5.97 Å². The molecule has 0 saturated carbocycles. The molecule has 0 saturated heterocycles. The molecule has 0 aliphatic carbocycles. The number of rotatable bonds is 5. The first-order chi connectivity index (χ1) is 7.65. The van der Waals surface area contributed by atoms with E-state index in [4.69, 9.17) is 4.74 Å². The molecule has 0 aromatic heterocycles. The molecular formula is C14H20O2. The number of carbonyl (C=O) groups excluding carboxylic acids is 1. The van der Waals surface area contributed by atoms with Gasteiger partial charge in [-0.3, -0.25) is 4.79 Å². The molecule has 0 aliphatic rings. The second-order valence-corrected chi connectivity index (χ2v) is 4.10. The molecule has 0 spiro atoms. The van der Waals surface area contributed by atoms with Crippen molar-refractivity contribution in [1.29, 1.82) is 0 Å². The molecular weight excluding hydrogens is 200 g/mol. The van der Waals surface area contributed by atoms with Crippen LogP contribution < -0.4 is 0 Å². The normalized spacial score (nSPS) is 12.2. The van der Waals surface area contributed by atoms with E-state index in [-0.39, 0.29) is 5.97 Å². The Balaban J connectivity index is 2.67. The molecule has 2 nitrogen and oxygen atoms in total. The lowest BCUT2D eigenvalue weighted by Crippen LogP contribution is -2.06. The van der Waals surface area contributed by atoms with Gasteiger partial charge in [0.25, 0.3) is 0 Å². The van der Waals surface area contributed by atoms with Crippen LogP contribution in [0.2, 0.25) is 0 Å². The van der Waals surface area contributed by atoms with Gasteiger partial charge in [0.1, 0.15) is 0 Å². The highest BCUT2D eigenvalue weighted by atomic mass is 16.5. The van der Waals surface area contributed by atoms with E-state index in [1.165, 1.54) is 18.1 Å². The number of carbonyl (C=O) groups is 1. The van der Waals surface area contributed by atoms with Crippen LogP contribution in [0.5, 0.6) is 0 Å². The van der Waals surface area contributed by atoms with E-state index in [9.17, 15) is 4.79 Å². The van der Waals surface area contributed by atoms with Crippen molar-refractivity contribution in [2.24, 2.45) is 0 Å². The third kappa shape index (κ3) is 3.69. The first-order valence-corrected chi connectivity index (χ1v) is 5.86. The van der Waals surface area contributed by atoms with Gasteiger partial charge in [-0.25, -0.2) is 0 Å². The Bertz CT molecular complexity index is 344. The van der Waals surface area contributed by atoms with Gasteiger partial charge in [-0.15, -0.1) is 0 Å². The molecule has 16 heavy (non-hydrogen) atoms. The van der Waals surface area contributed by atoms with Crippen LogP contribution in [0.3, 0.4) is 0 Å². The van der Waals surface area contributed by atoms with E-state index in [1.807, 2.05) is 6.07 Å². The summed E-state index contributed by atoms with van der Waals surface area (Å²) >= 11 is 0. The monoisotopic (exact) mass is 220 g/mol. The highest BCUT2D eigenvalue weighted by molar-refractivity contribution is 5.65. The van der Waals surface area contributed by atoms with Gasteiger partial charge in [0.05, 0.1) is 6.61 Å². The van der Waals surface area contributed by atoms with Crippen molar-refractivity contribution in [1.82, 2.24) is 0 Å². The Hall–Kier alpha value is -1.31. The third-order valence-electron chi connectivity index (χ3n) is 2.88. The van der Waals surface area contributed by atoms with Gasteiger partial charge in [-0.1, -0.05) is 38.1 Å². The lowest BCUT2D eigenvalue weighted by atomic mass is 9.92. The van der Waals surface area contributed by atoms with Crippen molar-refractivity contribution < 1.29 is 9.53 Å². The quantitative estimate of drug-likeness (QED) is 0.712. The zero-order chi connectivity index (χ0) is 12.0. The summed E-state index contributed by atoms with van der Waals surface area (Å²) in [5.41, 5.74) is 2.66. The predicted octanol–water partition coefficient (Wildman–Crippen LogP) is 3.31. The van der Waals surface area contributed by atoms with Crippen LogP contribution in [-0.2, 0) is 16.0 Å². The summed E-state index contributed by atoms with van der Waals surface area (Å²) in [5.74, 6) is 0.356. The fraction of sp³-hybridized carbons (Fsp3) is 0.500. The smallest absolute Gasteiger partial charge is 0.302 e. The largest absolute Gasteiger partial charge is 0.466 e. The Morgan fingerprint density at radius 3 is 2.69 bits per heavy atom. The zero-order valence-corrected chi connectivity index (χ0v) is 10.3. The third-order valence-corrected chi connectivity index (χ3v) is 2.88. The summed E-state index contributed by atoms with van der Waals surface area (Å²) < 4.78 is 4.98. The zero-order valence-electron chi connectivity index (χ0n) is 10.3. The minimum atomic E-state index is -0.207. The highest BCUT2D eigenvalue weighted by Crippen LogP contribution is 2.22. The molecule has 88 valence electrons. The molecule has 0 amide bonds. The standard InChI is InChI=1S/C14H20O2/c1-4-11(2)14-8-6-5-7-13(14)9-10-16-12(3)15/h5-8,11H,4,9-10H2,1-3H3. The number of esters is 1. The van der Waals surface area contributed by atoms with Gasteiger partial charge in [0.15, 0.2) is 0 Å². The van der Waals surface area contributed by atoms with Crippen molar-refractivity contribution in [2.45, 2.75) is 39.5 Å². The molecule has 1 aromatic rings. The minimum Gasteiger partial charge on any atom is -0.466 e. The molecule has 0 N–H and O–H groups in total. The van der Waals surface area contributed by atoms with E-state index in [2.05, 4.69) is 32.0 Å². The Morgan fingerprint density at radius 2 is 2.06 bits per heavy atom. The number of hydrogen-bond acceptors (Lipinski definition) is 2. The maximum Gasteiger partial charge on any atom is 0.302 e. The fourth-order valence-corrected chi connectivity index (χ4v) is 1.77. The van der Waals surface area contributed by atoms with Crippen LogP contribution in [0.15, 0.2) is 24.3 Å². The van der Waals surface area contributed by atoms with E-state index >= 15 is 0 Å². The number of ether oxygens (including phenoxy) is 1. The molecule has 2 heteroatoms. The fourth-order valence-electron chi connectivity index (χ4n) is 1.77. The van der Waals surface area contributed by atoms with Gasteiger partial charge in [-0.05, 0) is 23.5 Å². The van der Waals surface area contributed by atoms with Gasteiger partial charge in [0, 0.05) is 13.3 Å². The summed E-state index contributed by atoms with van der Waals surface area (Å²) in [4.78, 5) is 10.7. The van der Waals surface area contributed by atoms with Crippen LogP contribution >= 0.6 is 0 Å².